The van der Waals surface area contributed by atoms with E-state index >= 15 is 0 Å². The van der Waals surface area contributed by atoms with Crippen LogP contribution >= 0.6 is 0 Å². The molecule has 3 aromatic carbocycles. The number of aryl methyl sites for hydroxylation is 2. The summed E-state index contributed by atoms with van der Waals surface area (Å²) in [6.45, 7) is 3.73. The van der Waals surface area contributed by atoms with Crippen LogP contribution in [-0.4, -0.2) is 48.8 Å². The van der Waals surface area contributed by atoms with Crippen molar-refractivity contribution in [2.45, 2.75) is 45.0 Å². The summed E-state index contributed by atoms with van der Waals surface area (Å²) in [4.78, 5) is 17.1. The number of oxazole rings is 1. The molecule has 2 heterocycles. The third kappa shape index (κ3) is 7.00. The molecule has 1 aromatic heterocycles. The van der Waals surface area contributed by atoms with Gasteiger partial charge in [-0.05, 0) is 68.1 Å². The first-order valence-electron chi connectivity index (χ1n) is 14.1. The lowest BCUT2D eigenvalue weighted by molar-refractivity contribution is -0.143. The molecule has 0 spiro atoms. The maximum absolute atomic E-state index is 13.8. The molecule has 0 saturated carbocycles. The zero-order valence-electron chi connectivity index (χ0n) is 23.8. The normalized spacial score (nSPS) is 14.7. The molecule has 1 N–H and O–H groups in total. The van der Waals surface area contributed by atoms with E-state index in [1.54, 1.807) is 13.0 Å². The molecule has 4 aromatic rings. The van der Waals surface area contributed by atoms with Crippen molar-refractivity contribution in [3.05, 3.63) is 101 Å². The predicted molar refractivity (Wildman–Crippen MR) is 160 cm³/mol. The second kappa shape index (κ2) is 13.2. The number of ether oxygens (including phenoxy) is 2. The molecule has 0 bridgehead atoms. The van der Waals surface area contributed by atoms with Crippen LogP contribution in [0.2, 0.25) is 0 Å². The minimum absolute atomic E-state index is 0.000996. The third-order valence-electron chi connectivity index (χ3n) is 7.12. The van der Waals surface area contributed by atoms with Crippen LogP contribution in [0.25, 0.3) is 11.5 Å². The Morgan fingerprint density at radius 3 is 2.67 bits per heavy atom. The van der Waals surface area contributed by atoms with Gasteiger partial charge in [0.15, 0.2) is 0 Å². The van der Waals surface area contributed by atoms with E-state index in [1.807, 2.05) is 79.7 Å². The van der Waals surface area contributed by atoms with Gasteiger partial charge in [0.25, 0.3) is 0 Å². The molecule has 42 heavy (non-hydrogen) atoms. The van der Waals surface area contributed by atoms with Gasteiger partial charge in [-0.15, -0.1) is 0 Å². The summed E-state index contributed by atoms with van der Waals surface area (Å²) in [5, 5.41) is 2.31. The van der Waals surface area contributed by atoms with Crippen molar-refractivity contribution < 1.29 is 27.1 Å². The highest BCUT2D eigenvalue weighted by molar-refractivity contribution is 7.89. The summed E-state index contributed by atoms with van der Waals surface area (Å²) in [5.74, 6) is 1.31. The van der Waals surface area contributed by atoms with E-state index in [0.717, 1.165) is 28.3 Å². The van der Waals surface area contributed by atoms with Crippen molar-refractivity contribution >= 4 is 21.7 Å². The average Bonchev–Trinajstić information content (AvgIpc) is 3.37. The zero-order valence-corrected chi connectivity index (χ0v) is 24.6. The first-order valence-corrected chi connectivity index (χ1v) is 15.6. The van der Waals surface area contributed by atoms with Gasteiger partial charge in [0.05, 0.1) is 18.9 Å². The Kier molecular flexibility index (Phi) is 9.24. The lowest BCUT2D eigenvalue weighted by Crippen LogP contribution is -2.46. The Morgan fingerprint density at radius 1 is 1.07 bits per heavy atom. The standard InChI is InChI=1S/C32H35N3O6S/c1-3-39-31(36)22-35(42(37,38)30-17-16-25-11-7-8-15-29(25)33-30)21-24-10-9-14-27(20-24)40-19-18-28-23(2)41-32(34-28)26-12-5-4-6-13-26/h4-15,20,30,33H,3,16-19,21-22H2,1-2H3. The van der Waals surface area contributed by atoms with Crippen LogP contribution in [0.3, 0.4) is 0 Å². The van der Waals surface area contributed by atoms with Crippen molar-refractivity contribution in [1.29, 1.82) is 0 Å². The van der Waals surface area contributed by atoms with E-state index in [0.29, 0.717) is 43.1 Å². The molecule has 0 amide bonds. The number of nitrogens with one attached hydrogen (secondary N) is 1. The number of sulfonamides is 1. The number of esters is 1. The minimum atomic E-state index is -3.91. The topological polar surface area (TPSA) is 111 Å². The minimum Gasteiger partial charge on any atom is -0.493 e. The first kappa shape index (κ1) is 29.3. The van der Waals surface area contributed by atoms with Crippen LogP contribution in [0.15, 0.2) is 83.3 Å². The van der Waals surface area contributed by atoms with Gasteiger partial charge in [-0.25, -0.2) is 13.4 Å². The SMILES string of the molecule is CCOC(=O)CN(Cc1cccc(OCCc2nc(-c3ccccc3)oc2C)c1)S(=O)(=O)C1CCc2ccccc2N1. The molecule has 1 atom stereocenters. The second-order valence-electron chi connectivity index (χ2n) is 10.1. The summed E-state index contributed by atoms with van der Waals surface area (Å²) in [6, 6.07) is 24.6. The van der Waals surface area contributed by atoms with Crippen LogP contribution in [0, 0.1) is 6.92 Å². The number of hydrogen-bond donors (Lipinski definition) is 1. The number of carbonyl (C=O) groups excluding carboxylic acids is 1. The largest absolute Gasteiger partial charge is 0.493 e. The lowest BCUT2D eigenvalue weighted by atomic mass is 10.0. The number of nitrogens with zero attached hydrogens (tertiary/aromatic N) is 2. The summed E-state index contributed by atoms with van der Waals surface area (Å²) in [6.07, 6.45) is 1.57. The van der Waals surface area contributed by atoms with E-state index in [-0.39, 0.29) is 19.7 Å². The Bertz CT molecular complexity index is 1620. The molecule has 0 saturated heterocycles. The first-order chi connectivity index (χ1) is 20.3. The van der Waals surface area contributed by atoms with Gasteiger partial charge in [0, 0.05) is 24.2 Å². The number of para-hydroxylation sites is 1. The quantitative estimate of drug-likeness (QED) is 0.220. The van der Waals surface area contributed by atoms with Crippen molar-refractivity contribution in [1.82, 2.24) is 9.29 Å². The summed E-state index contributed by atoms with van der Waals surface area (Å²) < 4.78 is 45.7. The average molecular weight is 590 g/mol. The summed E-state index contributed by atoms with van der Waals surface area (Å²) >= 11 is 0. The third-order valence-corrected chi connectivity index (χ3v) is 9.17. The summed E-state index contributed by atoms with van der Waals surface area (Å²) in [5.41, 5.74) is 4.29. The predicted octanol–water partition coefficient (Wildman–Crippen LogP) is 5.35. The summed E-state index contributed by atoms with van der Waals surface area (Å²) in [7, 11) is -3.91. The fourth-order valence-electron chi connectivity index (χ4n) is 4.97. The van der Waals surface area contributed by atoms with E-state index in [1.165, 1.54) is 4.31 Å². The molecule has 1 unspecified atom stereocenters. The van der Waals surface area contributed by atoms with Crippen molar-refractivity contribution in [3.63, 3.8) is 0 Å². The molecular weight excluding hydrogens is 554 g/mol. The van der Waals surface area contributed by atoms with E-state index < -0.39 is 21.4 Å². The number of anilines is 1. The molecule has 0 radical (unpaired) electrons. The van der Waals surface area contributed by atoms with E-state index in [2.05, 4.69) is 10.3 Å². The molecule has 220 valence electrons. The van der Waals surface area contributed by atoms with E-state index in [9.17, 15) is 13.2 Å². The second-order valence-corrected chi connectivity index (χ2v) is 12.2. The molecule has 1 aliphatic rings. The Morgan fingerprint density at radius 2 is 1.86 bits per heavy atom. The van der Waals surface area contributed by atoms with Crippen molar-refractivity contribution in [2.24, 2.45) is 0 Å². The molecule has 5 rings (SSSR count). The Balaban J connectivity index is 1.26. The number of carbonyl (C=O) groups is 1. The van der Waals surface area contributed by atoms with Gasteiger partial charge in [-0.2, -0.15) is 4.31 Å². The highest BCUT2D eigenvalue weighted by Gasteiger charge is 2.36. The number of rotatable bonds is 12. The number of hydrogen-bond acceptors (Lipinski definition) is 8. The van der Waals surface area contributed by atoms with Gasteiger partial charge >= 0.3 is 5.97 Å². The Hall–Kier alpha value is -4.15. The molecule has 1 aliphatic heterocycles. The Labute approximate surface area is 246 Å². The van der Waals surface area contributed by atoms with Crippen LogP contribution in [0.5, 0.6) is 5.75 Å². The number of benzene rings is 3. The molecule has 0 aliphatic carbocycles. The van der Waals surface area contributed by atoms with Gasteiger partial charge in [0.2, 0.25) is 15.9 Å². The van der Waals surface area contributed by atoms with Gasteiger partial charge < -0.3 is 19.2 Å². The van der Waals surface area contributed by atoms with Crippen molar-refractivity contribution in [3.8, 4) is 17.2 Å². The maximum Gasteiger partial charge on any atom is 0.321 e. The number of fused-ring (bicyclic) bond motifs is 1. The maximum atomic E-state index is 13.8. The number of aromatic nitrogens is 1. The van der Waals surface area contributed by atoms with Crippen molar-refractivity contribution in [2.75, 3.05) is 25.1 Å². The molecule has 9 nitrogen and oxygen atoms in total. The monoisotopic (exact) mass is 589 g/mol. The van der Waals surface area contributed by atoms with Crippen LogP contribution in [0.4, 0.5) is 5.69 Å². The molecular formula is C32H35N3O6S. The highest BCUT2D eigenvalue weighted by atomic mass is 32.2. The van der Waals surface area contributed by atoms with Gasteiger partial charge in [-0.1, -0.05) is 48.5 Å². The van der Waals surface area contributed by atoms with Crippen LogP contribution in [-0.2, 0) is 38.9 Å². The highest BCUT2D eigenvalue weighted by Crippen LogP contribution is 2.29. The zero-order chi connectivity index (χ0) is 29.5. The lowest BCUT2D eigenvalue weighted by Gasteiger charge is -2.31. The van der Waals surface area contributed by atoms with Gasteiger partial charge in [-0.3, -0.25) is 4.79 Å². The van der Waals surface area contributed by atoms with E-state index in [4.69, 9.17) is 13.9 Å². The smallest absolute Gasteiger partial charge is 0.321 e. The van der Waals surface area contributed by atoms with Crippen LogP contribution < -0.4 is 10.1 Å². The molecule has 0 fully saturated rings. The molecule has 10 heteroatoms. The van der Waals surface area contributed by atoms with Crippen LogP contribution in [0.1, 0.15) is 35.9 Å². The van der Waals surface area contributed by atoms with Gasteiger partial charge in [0.1, 0.15) is 23.4 Å². The fraction of sp³-hybridized carbons (Fsp3) is 0.312. The fourth-order valence-corrected chi connectivity index (χ4v) is 6.63.